The quantitative estimate of drug-likeness (QED) is 0.751. The fourth-order valence-electron chi connectivity index (χ4n) is 4.83. The average Bonchev–Trinajstić information content (AvgIpc) is 2.67. The molecule has 0 aromatic heterocycles. The molecule has 114 valence electrons. The highest BCUT2D eigenvalue weighted by molar-refractivity contribution is 5.27. The third-order valence-corrected chi connectivity index (χ3v) is 5.73. The van der Waals surface area contributed by atoms with E-state index in [0.29, 0.717) is 11.8 Å². The number of ether oxygens (including phenoxy) is 2. The van der Waals surface area contributed by atoms with Gasteiger partial charge in [0.05, 0.1) is 18.3 Å². The maximum Gasteiger partial charge on any atom is 0.117 e. The molecular weight excluding hydrogens is 256 g/mol. The Bertz CT molecular complexity index is 428. The van der Waals surface area contributed by atoms with Crippen LogP contribution in [0.25, 0.3) is 0 Å². The number of methoxy groups -OCH3 is 1. The summed E-state index contributed by atoms with van der Waals surface area (Å²) in [5.74, 6) is 1.20. The molecule has 0 spiro atoms. The first-order chi connectivity index (χ1) is 9.30. The van der Waals surface area contributed by atoms with Gasteiger partial charge < -0.3 is 19.7 Å². The summed E-state index contributed by atoms with van der Waals surface area (Å²) in [6.45, 7) is 8.18. The Hall–Kier alpha value is -0.420. The lowest BCUT2D eigenvalue weighted by molar-refractivity contribution is -0.226. The lowest BCUT2D eigenvalue weighted by Crippen LogP contribution is -2.65. The predicted octanol–water partition coefficient (Wildman–Crippen LogP) is 1.36. The Morgan fingerprint density at radius 2 is 2.05 bits per heavy atom. The van der Waals surface area contributed by atoms with Gasteiger partial charge in [-0.2, -0.15) is 0 Å². The van der Waals surface area contributed by atoms with Crippen molar-refractivity contribution in [2.24, 2.45) is 23.7 Å². The van der Waals surface area contributed by atoms with Crippen molar-refractivity contribution < 1.29 is 19.7 Å². The molecule has 20 heavy (non-hydrogen) atoms. The van der Waals surface area contributed by atoms with E-state index in [2.05, 4.69) is 26.8 Å². The van der Waals surface area contributed by atoms with E-state index in [-0.39, 0.29) is 30.1 Å². The first-order valence-electron chi connectivity index (χ1n) is 7.57. The van der Waals surface area contributed by atoms with Crippen LogP contribution >= 0.6 is 0 Å². The van der Waals surface area contributed by atoms with E-state index in [9.17, 15) is 10.2 Å². The summed E-state index contributed by atoms with van der Waals surface area (Å²) >= 11 is 0. The molecule has 1 heterocycles. The number of rotatable bonds is 2. The lowest BCUT2D eigenvalue weighted by Gasteiger charge is -2.52. The number of hydrogen-bond acceptors (Lipinski definition) is 4. The molecule has 1 aliphatic heterocycles. The SMILES string of the molecule is CO[C@@H]1[C@H]2C(C)=C[C@H]3O[C@H]([C@@H]2[C@H]3C(C)C)[C@](C)(O)[C@H]1O. The summed E-state index contributed by atoms with van der Waals surface area (Å²) in [7, 11) is 1.61. The molecule has 0 radical (unpaired) electrons. The summed E-state index contributed by atoms with van der Waals surface area (Å²) < 4.78 is 11.7. The van der Waals surface area contributed by atoms with E-state index < -0.39 is 11.7 Å². The van der Waals surface area contributed by atoms with Crippen LogP contribution in [0.2, 0.25) is 0 Å². The molecule has 0 unspecified atom stereocenters. The molecule has 2 N–H and O–H groups in total. The molecule has 0 aromatic rings. The molecule has 4 nitrogen and oxygen atoms in total. The molecule has 2 fully saturated rings. The predicted molar refractivity (Wildman–Crippen MR) is 75.2 cm³/mol. The molecule has 2 bridgehead atoms. The van der Waals surface area contributed by atoms with Crippen LogP contribution in [0.4, 0.5) is 0 Å². The van der Waals surface area contributed by atoms with Crippen molar-refractivity contribution in [2.45, 2.75) is 57.7 Å². The zero-order valence-electron chi connectivity index (χ0n) is 12.9. The van der Waals surface area contributed by atoms with Gasteiger partial charge in [-0.25, -0.2) is 0 Å². The third-order valence-electron chi connectivity index (χ3n) is 5.73. The number of fused-ring (bicyclic) bond motifs is 1. The van der Waals surface area contributed by atoms with Crippen molar-refractivity contribution in [1.82, 2.24) is 0 Å². The molecule has 8 atom stereocenters. The molecule has 2 aliphatic carbocycles. The van der Waals surface area contributed by atoms with Crippen LogP contribution in [0.15, 0.2) is 11.6 Å². The fraction of sp³-hybridized carbons (Fsp3) is 0.875. The minimum Gasteiger partial charge on any atom is -0.387 e. The van der Waals surface area contributed by atoms with Crippen LogP contribution in [0.5, 0.6) is 0 Å². The first kappa shape index (κ1) is 14.5. The Kier molecular flexibility index (Phi) is 3.29. The van der Waals surface area contributed by atoms with Crippen LogP contribution < -0.4 is 0 Å². The van der Waals surface area contributed by atoms with Gasteiger partial charge in [0, 0.05) is 18.9 Å². The third kappa shape index (κ3) is 1.68. The maximum absolute atomic E-state index is 10.8. The smallest absolute Gasteiger partial charge is 0.117 e. The summed E-state index contributed by atoms with van der Waals surface area (Å²) in [6, 6.07) is 0. The monoisotopic (exact) mass is 282 g/mol. The van der Waals surface area contributed by atoms with Crippen molar-refractivity contribution in [2.75, 3.05) is 7.11 Å². The highest BCUT2D eigenvalue weighted by Crippen LogP contribution is 2.56. The van der Waals surface area contributed by atoms with Gasteiger partial charge in [-0.15, -0.1) is 0 Å². The minimum atomic E-state index is -1.26. The molecule has 3 aliphatic rings. The van der Waals surface area contributed by atoms with Crippen molar-refractivity contribution in [3.8, 4) is 0 Å². The van der Waals surface area contributed by atoms with E-state index in [0.717, 1.165) is 0 Å². The van der Waals surface area contributed by atoms with E-state index in [1.807, 2.05) is 0 Å². The molecule has 0 aromatic carbocycles. The Morgan fingerprint density at radius 1 is 1.40 bits per heavy atom. The Labute approximate surface area is 120 Å². The number of hydrogen-bond donors (Lipinski definition) is 2. The van der Waals surface area contributed by atoms with Crippen LogP contribution in [-0.2, 0) is 9.47 Å². The van der Waals surface area contributed by atoms with E-state index in [1.54, 1.807) is 14.0 Å². The molecule has 0 amide bonds. The second-order valence-electron chi connectivity index (χ2n) is 7.23. The summed E-state index contributed by atoms with van der Waals surface area (Å²) in [6.07, 6.45) is 0.611. The van der Waals surface area contributed by atoms with Gasteiger partial charge in [0.1, 0.15) is 11.7 Å². The van der Waals surface area contributed by atoms with Crippen LogP contribution in [0, 0.1) is 23.7 Å². The number of aliphatic hydroxyl groups is 2. The van der Waals surface area contributed by atoms with Crippen molar-refractivity contribution in [1.29, 1.82) is 0 Å². The molecule has 3 rings (SSSR count). The molecule has 4 heteroatoms. The number of aliphatic hydroxyl groups excluding tert-OH is 1. The van der Waals surface area contributed by atoms with Gasteiger partial charge in [-0.05, 0) is 25.7 Å². The highest BCUT2D eigenvalue weighted by Gasteiger charge is 2.65. The van der Waals surface area contributed by atoms with Crippen molar-refractivity contribution in [3.05, 3.63) is 11.6 Å². The lowest BCUT2D eigenvalue weighted by atomic mass is 9.57. The van der Waals surface area contributed by atoms with Crippen LogP contribution in [0.1, 0.15) is 27.7 Å². The fourth-order valence-corrected chi connectivity index (χ4v) is 4.83. The average molecular weight is 282 g/mol. The van der Waals surface area contributed by atoms with Gasteiger partial charge in [-0.1, -0.05) is 25.5 Å². The molecule has 1 saturated carbocycles. The normalized spacial score (nSPS) is 54.2. The summed E-state index contributed by atoms with van der Waals surface area (Å²) in [5, 5.41) is 21.3. The summed E-state index contributed by atoms with van der Waals surface area (Å²) in [4.78, 5) is 0. The van der Waals surface area contributed by atoms with Crippen LogP contribution in [-0.4, -0.2) is 47.3 Å². The first-order valence-corrected chi connectivity index (χ1v) is 7.57. The van der Waals surface area contributed by atoms with Crippen molar-refractivity contribution >= 4 is 0 Å². The van der Waals surface area contributed by atoms with Crippen molar-refractivity contribution in [3.63, 3.8) is 0 Å². The van der Waals surface area contributed by atoms with E-state index in [4.69, 9.17) is 9.47 Å². The zero-order chi connectivity index (χ0) is 14.8. The van der Waals surface area contributed by atoms with Gasteiger partial charge >= 0.3 is 0 Å². The van der Waals surface area contributed by atoms with E-state index in [1.165, 1.54) is 5.57 Å². The second kappa shape index (κ2) is 4.54. The van der Waals surface area contributed by atoms with Gasteiger partial charge in [0.25, 0.3) is 0 Å². The highest BCUT2D eigenvalue weighted by atomic mass is 16.5. The maximum atomic E-state index is 10.8. The zero-order valence-corrected chi connectivity index (χ0v) is 12.9. The van der Waals surface area contributed by atoms with Crippen LogP contribution in [0.3, 0.4) is 0 Å². The Balaban J connectivity index is 2.10. The molecular formula is C16H26O4. The second-order valence-corrected chi connectivity index (χ2v) is 7.23. The van der Waals surface area contributed by atoms with Gasteiger partial charge in [-0.3, -0.25) is 0 Å². The van der Waals surface area contributed by atoms with E-state index >= 15 is 0 Å². The topological polar surface area (TPSA) is 58.9 Å². The Morgan fingerprint density at radius 3 is 2.60 bits per heavy atom. The van der Waals surface area contributed by atoms with Gasteiger partial charge in [0.2, 0.25) is 0 Å². The largest absolute Gasteiger partial charge is 0.387 e. The molecule has 1 saturated heterocycles. The summed E-state index contributed by atoms with van der Waals surface area (Å²) in [5.41, 5.74) is -0.0387. The standard InChI is InChI=1S/C16H26O4/c1-7(2)10-9-6-8(3)11-12(10)15(20-9)16(4,18)14(17)13(11)19-5/h6-7,9-15,17-18H,1-5H3/t9-,10+,11+,12-,13-,14+,15-,16-/m1/s1. The van der Waals surface area contributed by atoms with Gasteiger partial charge in [0.15, 0.2) is 0 Å². The minimum absolute atomic E-state index is 0.0514.